The number of anilines is 1. The number of carbonyl (C=O) groups is 3. The third kappa shape index (κ3) is 5.53. The van der Waals surface area contributed by atoms with Gasteiger partial charge in [-0.3, -0.25) is 24.6 Å². The number of piperazine rings is 1. The number of hydrogen-bond acceptors (Lipinski definition) is 7. The molecule has 1 N–H and O–H groups in total. The van der Waals surface area contributed by atoms with Crippen LogP contribution in [-0.4, -0.2) is 59.7 Å². The molecule has 3 aromatic carbocycles. The molecule has 1 unspecified atom stereocenters. The smallest absolute Gasteiger partial charge is 0.255 e. The predicted molar refractivity (Wildman–Crippen MR) is 164 cm³/mol. The van der Waals surface area contributed by atoms with Crippen LogP contribution in [0.15, 0.2) is 54.6 Å². The molecule has 0 saturated carbocycles. The topological polar surface area (TPSA) is 106 Å². The molecular weight excluding hydrogens is 573 g/mol. The quantitative estimate of drug-likeness (QED) is 0.418. The monoisotopic (exact) mass is 607 g/mol. The van der Waals surface area contributed by atoms with Crippen molar-refractivity contribution in [1.29, 1.82) is 5.26 Å². The van der Waals surface area contributed by atoms with Crippen molar-refractivity contribution in [2.24, 2.45) is 0 Å². The van der Waals surface area contributed by atoms with Crippen LogP contribution >= 0.6 is 0 Å². The maximum atomic E-state index is 14.6. The lowest BCUT2D eigenvalue weighted by molar-refractivity contribution is -0.136. The van der Waals surface area contributed by atoms with Crippen LogP contribution in [0.25, 0.3) is 0 Å². The number of fused-ring (bicyclic) bond motifs is 2. The zero-order chi connectivity index (χ0) is 31.1. The van der Waals surface area contributed by atoms with E-state index in [4.69, 9.17) is 10.00 Å². The minimum atomic E-state index is -0.663. The summed E-state index contributed by atoms with van der Waals surface area (Å²) in [5.41, 5.74) is 5.91. The molecule has 45 heavy (non-hydrogen) atoms. The lowest BCUT2D eigenvalue weighted by Crippen LogP contribution is -2.52. The van der Waals surface area contributed by atoms with Gasteiger partial charge in [-0.15, -0.1) is 0 Å². The number of rotatable bonds is 6. The molecule has 2 atom stereocenters. The van der Waals surface area contributed by atoms with E-state index in [-0.39, 0.29) is 30.6 Å². The van der Waals surface area contributed by atoms with E-state index < -0.39 is 11.9 Å². The standard InChI is InChI=1S/C35H34FN5O4/c36-28-18-22(19-37)8-10-30(28)40-15-13-39(14-16-40)29-5-1-3-24-17-23(7-9-25(24)29)21-45-32-6-2-4-26-27(32)20-41(35(26)44)31-11-12-33(42)38-34(31)43/h2,4,6-10,17-18,29,31H,1,3,5,11-16,20-21H2,(H,38,42,43)/t29-,31?/m0/s1. The number of imide groups is 1. The molecule has 230 valence electrons. The first-order valence-corrected chi connectivity index (χ1v) is 15.6. The maximum absolute atomic E-state index is 14.6. The first-order chi connectivity index (χ1) is 21.9. The number of amides is 3. The third-order valence-electron chi connectivity index (χ3n) is 9.60. The number of nitrogens with one attached hydrogen (secondary N) is 1. The van der Waals surface area contributed by atoms with E-state index >= 15 is 0 Å². The first-order valence-electron chi connectivity index (χ1n) is 15.6. The lowest BCUT2D eigenvalue weighted by atomic mass is 9.85. The van der Waals surface area contributed by atoms with E-state index in [0.29, 0.717) is 41.6 Å². The van der Waals surface area contributed by atoms with Crippen LogP contribution in [-0.2, 0) is 29.2 Å². The van der Waals surface area contributed by atoms with Gasteiger partial charge in [-0.2, -0.15) is 5.26 Å². The summed E-state index contributed by atoms with van der Waals surface area (Å²) in [5, 5.41) is 11.4. The molecule has 7 rings (SSSR count). The molecule has 3 aromatic rings. The number of halogens is 1. The van der Waals surface area contributed by atoms with E-state index in [2.05, 4.69) is 33.3 Å². The Morgan fingerprint density at radius 1 is 0.956 bits per heavy atom. The van der Waals surface area contributed by atoms with Gasteiger partial charge in [0.2, 0.25) is 11.8 Å². The summed E-state index contributed by atoms with van der Waals surface area (Å²) < 4.78 is 20.9. The van der Waals surface area contributed by atoms with Gasteiger partial charge in [0.1, 0.15) is 24.2 Å². The number of hydrogen-bond donors (Lipinski definition) is 1. The van der Waals surface area contributed by atoms with E-state index in [1.165, 1.54) is 17.2 Å². The highest BCUT2D eigenvalue weighted by molar-refractivity contribution is 6.05. The van der Waals surface area contributed by atoms with Crippen molar-refractivity contribution in [2.45, 2.75) is 57.3 Å². The largest absolute Gasteiger partial charge is 0.489 e. The Morgan fingerprint density at radius 2 is 1.80 bits per heavy atom. The van der Waals surface area contributed by atoms with Crippen LogP contribution in [0.1, 0.15) is 69.9 Å². The molecule has 9 nitrogen and oxygen atoms in total. The highest BCUT2D eigenvalue weighted by Crippen LogP contribution is 2.37. The number of piperidine rings is 1. The normalized spacial score (nSPS) is 21.6. The SMILES string of the molecule is N#Cc1ccc(N2CCN([C@H]3CCCc4cc(COc5cccc6c5CN(C5CCC(=O)NC5=O)C6=O)ccc43)CC2)c(F)c1. The Kier molecular flexibility index (Phi) is 7.71. The highest BCUT2D eigenvalue weighted by Gasteiger charge is 2.40. The van der Waals surface area contributed by atoms with Crippen molar-refractivity contribution in [3.63, 3.8) is 0 Å². The van der Waals surface area contributed by atoms with Crippen LogP contribution in [0.3, 0.4) is 0 Å². The van der Waals surface area contributed by atoms with Crippen molar-refractivity contribution >= 4 is 23.4 Å². The van der Waals surface area contributed by atoms with Crippen molar-refractivity contribution in [3.8, 4) is 11.8 Å². The van der Waals surface area contributed by atoms with Crippen LogP contribution < -0.4 is 15.0 Å². The average Bonchev–Trinajstić information content (AvgIpc) is 3.39. The molecule has 0 radical (unpaired) electrons. The number of nitrogens with zero attached hydrogens (tertiary/aromatic N) is 4. The molecule has 0 aromatic heterocycles. The number of aryl methyl sites for hydroxylation is 1. The second kappa shape index (κ2) is 12.0. The van der Waals surface area contributed by atoms with Crippen molar-refractivity contribution in [1.82, 2.24) is 15.1 Å². The van der Waals surface area contributed by atoms with E-state index in [0.717, 1.165) is 56.6 Å². The molecule has 4 aliphatic rings. The van der Waals surface area contributed by atoms with E-state index in [9.17, 15) is 18.8 Å². The van der Waals surface area contributed by atoms with Gasteiger partial charge in [-0.1, -0.05) is 24.3 Å². The fourth-order valence-electron chi connectivity index (χ4n) is 7.27. The van der Waals surface area contributed by atoms with Crippen LogP contribution in [0, 0.1) is 17.1 Å². The molecule has 0 spiro atoms. The zero-order valence-corrected chi connectivity index (χ0v) is 24.9. The summed E-state index contributed by atoms with van der Waals surface area (Å²) in [7, 11) is 0. The Hall–Kier alpha value is -4.75. The Labute approximate surface area is 261 Å². The molecule has 3 amide bonds. The van der Waals surface area contributed by atoms with Crippen LogP contribution in [0.5, 0.6) is 5.75 Å². The third-order valence-corrected chi connectivity index (χ3v) is 9.60. The molecule has 2 saturated heterocycles. The molecule has 3 aliphatic heterocycles. The first kappa shape index (κ1) is 29.0. The van der Waals surface area contributed by atoms with Crippen molar-refractivity contribution in [2.75, 3.05) is 31.1 Å². The zero-order valence-electron chi connectivity index (χ0n) is 24.9. The molecule has 3 heterocycles. The summed E-state index contributed by atoms with van der Waals surface area (Å²) in [4.78, 5) is 43.3. The minimum absolute atomic E-state index is 0.215. The fraction of sp³-hybridized carbons (Fsp3) is 0.371. The number of ether oxygens (including phenoxy) is 1. The van der Waals surface area contributed by atoms with E-state index in [1.54, 1.807) is 29.2 Å². The van der Waals surface area contributed by atoms with Crippen molar-refractivity contribution in [3.05, 3.63) is 93.8 Å². The Balaban J connectivity index is 1.00. The van der Waals surface area contributed by atoms with Crippen molar-refractivity contribution < 1.29 is 23.5 Å². The minimum Gasteiger partial charge on any atom is -0.489 e. The van der Waals surface area contributed by atoms with Gasteiger partial charge in [-0.25, -0.2) is 4.39 Å². The molecule has 1 aliphatic carbocycles. The summed E-state index contributed by atoms with van der Waals surface area (Å²) in [6.45, 7) is 3.75. The van der Waals surface area contributed by atoms with Gasteiger partial charge < -0.3 is 14.5 Å². The van der Waals surface area contributed by atoms with Gasteiger partial charge in [0.05, 0.1) is 23.9 Å². The highest BCUT2D eigenvalue weighted by atomic mass is 19.1. The van der Waals surface area contributed by atoms with Crippen LogP contribution in [0.4, 0.5) is 10.1 Å². The summed E-state index contributed by atoms with van der Waals surface area (Å²) in [5.74, 6) is -0.668. The van der Waals surface area contributed by atoms with E-state index in [1.807, 2.05) is 12.1 Å². The predicted octanol–water partition coefficient (Wildman–Crippen LogP) is 4.24. The van der Waals surface area contributed by atoms with Gasteiger partial charge >= 0.3 is 0 Å². The summed E-state index contributed by atoms with van der Waals surface area (Å²) in [6.07, 6.45) is 3.72. The van der Waals surface area contributed by atoms with Crippen LogP contribution in [0.2, 0.25) is 0 Å². The molecule has 2 fully saturated rings. The van der Waals surface area contributed by atoms with Gasteiger partial charge in [0.15, 0.2) is 0 Å². The maximum Gasteiger partial charge on any atom is 0.255 e. The number of carbonyl (C=O) groups excluding carboxylic acids is 3. The summed E-state index contributed by atoms with van der Waals surface area (Å²) in [6, 6.07) is 18.3. The fourth-order valence-corrected chi connectivity index (χ4v) is 7.27. The summed E-state index contributed by atoms with van der Waals surface area (Å²) >= 11 is 0. The molecule has 0 bridgehead atoms. The van der Waals surface area contributed by atoms with Gasteiger partial charge in [-0.05, 0) is 72.7 Å². The number of nitriles is 1. The molecular formula is C35H34FN5O4. The Bertz CT molecular complexity index is 1730. The average molecular weight is 608 g/mol. The second-order valence-corrected chi connectivity index (χ2v) is 12.2. The Morgan fingerprint density at radius 3 is 2.58 bits per heavy atom. The molecule has 10 heteroatoms. The lowest BCUT2D eigenvalue weighted by Gasteiger charge is -2.42. The van der Waals surface area contributed by atoms with Gasteiger partial charge in [0.25, 0.3) is 5.91 Å². The second-order valence-electron chi connectivity index (χ2n) is 12.2. The number of benzene rings is 3. The van der Waals surface area contributed by atoms with Gasteiger partial charge in [0, 0.05) is 49.8 Å².